The Bertz CT molecular complexity index is 1190. The monoisotopic (exact) mass is 570 g/mol. The van der Waals surface area contributed by atoms with Gasteiger partial charge >= 0.3 is 0 Å². The van der Waals surface area contributed by atoms with Crippen LogP contribution in [0.5, 0.6) is 0 Å². The van der Waals surface area contributed by atoms with E-state index in [9.17, 15) is 9.90 Å². The van der Waals surface area contributed by atoms with Gasteiger partial charge in [-0.05, 0) is 75.5 Å². The van der Waals surface area contributed by atoms with E-state index in [2.05, 4.69) is 154 Å². The fraction of sp³-hybridized carbons (Fsp3) is 0.525. The molecule has 0 amide bonds. The predicted octanol–water partition coefficient (Wildman–Crippen LogP) is 10.6. The molecule has 42 heavy (non-hydrogen) atoms. The van der Waals surface area contributed by atoms with Crippen LogP contribution in [0.1, 0.15) is 94.9 Å². The fourth-order valence-corrected chi connectivity index (χ4v) is 6.33. The number of aliphatic hydroxyl groups is 1. The summed E-state index contributed by atoms with van der Waals surface area (Å²) in [7, 11) is 0. The number of rotatable bonds is 10. The molecule has 2 aliphatic rings. The maximum absolute atomic E-state index is 12.2. The molecule has 0 aromatic carbocycles. The molecule has 2 nitrogen and oxygen atoms in total. The first-order chi connectivity index (χ1) is 19.6. The number of carbonyl (C=O) groups excluding carboxylic acids is 1. The summed E-state index contributed by atoms with van der Waals surface area (Å²) in [5.74, 6) is 1.46. The SMILES string of the molecule is CC(/C=C/C=C(C)/C=C/[C@H]1[C@H](C)[C@@H](O)CCC1(C)C)=C\C=C\C=C(C)\C=C\C=C(C)\C=C\[C@H]1[C@H](C)C(=O)CCC1(C)C. The normalized spacial score (nSPS) is 30.2. The van der Waals surface area contributed by atoms with Crippen molar-refractivity contribution in [2.75, 3.05) is 0 Å². The molecular formula is C40H58O2. The van der Waals surface area contributed by atoms with Crippen LogP contribution in [0.15, 0.2) is 107 Å². The molecule has 0 unspecified atom stereocenters. The number of Topliss-reactive ketones (excluding diaryl/α,β-unsaturated/α-hetero) is 1. The van der Waals surface area contributed by atoms with Gasteiger partial charge in [0, 0.05) is 12.3 Å². The highest BCUT2D eigenvalue weighted by Crippen LogP contribution is 2.45. The maximum Gasteiger partial charge on any atom is 0.136 e. The Balaban J connectivity index is 1.88. The second-order valence-electron chi connectivity index (χ2n) is 14.2. The zero-order valence-corrected chi connectivity index (χ0v) is 28.2. The lowest BCUT2D eigenvalue weighted by Crippen LogP contribution is -2.40. The number of hydrogen-bond donors (Lipinski definition) is 1. The second-order valence-corrected chi connectivity index (χ2v) is 14.2. The molecule has 0 aromatic rings. The van der Waals surface area contributed by atoms with E-state index in [0.29, 0.717) is 24.0 Å². The Labute approximate surface area is 258 Å². The molecule has 2 fully saturated rings. The van der Waals surface area contributed by atoms with Gasteiger partial charge in [0.1, 0.15) is 5.78 Å². The molecule has 5 atom stereocenters. The lowest BCUT2D eigenvalue weighted by Gasteiger charge is -2.44. The van der Waals surface area contributed by atoms with E-state index in [-0.39, 0.29) is 28.8 Å². The lowest BCUT2D eigenvalue weighted by atomic mass is 9.63. The quantitative estimate of drug-likeness (QED) is 0.265. The highest BCUT2D eigenvalue weighted by Gasteiger charge is 2.40. The Morgan fingerprint density at radius 2 is 1.10 bits per heavy atom. The molecule has 0 aliphatic heterocycles. The number of allylic oxidation sites excluding steroid dienone is 18. The number of aliphatic hydroxyl groups excluding tert-OH is 1. The second kappa shape index (κ2) is 16.2. The van der Waals surface area contributed by atoms with Crippen molar-refractivity contribution in [3.63, 3.8) is 0 Å². The van der Waals surface area contributed by atoms with Gasteiger partial charge in [0.2, 0.25) is 0 Å². The summed E-state index contributed by atoms with van der Waals surface area (Å²) < 4.78 is 0. The van der Waals surface area contributed by atoms with E-state index in [1.165, 1.54) is 22.3 Å². The predicted molar refractivity (Wildman–Crippen MR) is 183 cm³/mol. The molecule has 2 rings (SSSR count). The number of carbonyl (C=O) groups is 1. The van der Waals surface area contributed by atoms with Crippen LogP contribution in [0.4, 0.5) is 0 Å². The van der Waals surface area contributed by atoms with E-state index < -0.39 is 0 Å². The number of ketones is 1. The first-order valence-electron chi connectivity index (χ1n) is 15.9. The van der Waals surface area contributed by atoms with Crippen molar-refractivity contribution in [1.29, 1.82) is 0 Å². The average Bonchev–Trinajstić information content (AvgIpc) is 2.91. The van der Waals surface area contributed by atoms with Crippen molar-refractivity contribution in [1.82, 2.24) is 0 Å². The fourth-order valence-electron chi connectivity index (χ4n) is 6.33. The third-order valence-corrected chi connectivity index (χ3v) is 9.52. The van der Waals surface area contributed by atoms with Crippen molar-refractivity contribution in [3.8, 4) is 0 Å². The Hall–Kier alpha value is -2.71. The van der Waals surface area contributed by atoms with Crippen LogP contribution in [0, 0.1) is 34.5 Å². The van der Waals surface area contributed by atoms with Crippen LogP contribution in [0.3, 0.4) is 0 Å². The van der Waals surface area contributed by atoms with Crippen molar-refractivity contribution >= 4 is 5.78 Å². The first kappa shape index (κ1) is 35.5. The molecule has 2 heteroatoms. The summed E-state index contributed by atoms with van der Waals surface area (Å²) in [5.41, 5.74) is 5.16. The molecule has 0 spiro atoms. The van der Waals surface area contributed by atoms with Crippen LogP contribution in [0.25, 0.3) is 0 Å². The minimum Gasteiger partial charge on any atom is -0.393 e. The highest BCUT2D eigenvalue weighted by atomic mass is 16.3. The van der Waals surface area contributed by atoms with Gasteiger partial charge in [-0.1, -0.05) is 149 Å². The van der Waals surface area contributed by atoms with Crippen molar-refractivity contribution in [2.45, 2.75) is 101 Å². The van der Waals surface area contributed by atoms with Gasteiger partial charge in [-0.2, -0.15) is 0 Å². The van der Waals surface area contributed by atoms with Gasteiger partial charge in [-0.3, -0.25) is 4.79 Å². The van der Waals surface area contributed by atoms with Gasteiger partial charge in [0.25, 0.3) is 0 Å². The molecule has 0 radical (unpaired) electrons. The molecule has 2 saturated carbocycles. The van der Waals surface area contributed by atoms with Crippen LogP contribution in [-0.2, 0) is 4.79 Å². The van der Waals surface area contributed by atoms with E-state index in [4.69, 9.17) is 0 Å². The average molecular weight is 571 g/mol. The molecule has 1 N–H and O–H groups in total. The minimum atomic E-state index is -0.196. The smallest absolute Gasteiger partial charge is 0.136 e. The third-order valence-electron chi connectivity index (χ3n) is 9.52. The topological polar surface area (TPSA) is 37.3 Å². The summed E-state index contributed by atoms with van der Waals surface area (Å²) in [6, 6.07) is 0. The van der Waals surface area contributed by atoms with Crippen LogP contribution < -0.4 is 0 Å². The Morgan fingerprint density at radius 1 is 0.667 bits per heavy atom. The van der Waals surface area contributed by atoms with Gasteiger partial charge in [-0.15, -0.1) is 0 Å². The maximum atomic E-state index is 12.2. The summed E-state index contributed by atoms with van der Waals surface area (Å²) >= 11 is 0. The lowest BCUT2D eigenvalue weighted by molar-refractivity contribution is -0.128. The molecular weight excluding hydrogens is 512 g/mol. The van der Waals surface area contributed by atoms with Gasteiger partial charge in [-0.25, -0.2) is 0 Å². The van der Waals surface area contributed by atoms with Crippen molar-refractivity contribution in [3.05, 3.63) is 107 Å². The molecule has 0 saturated heterocycles. The summed E-state index contributed by atoms with van der Waals surface area (Å²) in [5, 5.41) is 10.3. The minimum absolute atomic E-state index is 0.0978. The van der Waals surface area contributed by atoms with E-state index in [1.54, 1.807) is 0 Å². The zero-order chi connectivity index (χ0) is 31.5. The van der Waals surface area contributed by atoms with Gasteiger partial charge in [0.15, 0.2) is 0 Å². The summed E-state index contributed by atoms with van der Waals surface area (Å²) in [6.45, 7) is 21.9. The van der Waals surface area contributed by atoms with Crippen LogP contribution in [-0.4, -0.2) is 17.0 Å². The van der Waals surface area contributed by atoms with E-state index >= 15 is 0 Å². The van der Waals surface area contributed by atoms with Crippen molar-refractivity contribution < 1.29 is 9.90 Å². The Kier molecular flexibility index (Phi) is 13.7. The highest BCUT2D eigenvalue weighted by molar-refractivity contribution is 5.82. The van der Waals surface area contributed by atoms with E-state index in [0.717, 1.165) is 19.3 Å². The summed E-state index contributed by atoms with van der Waals surface area (Å²) in [6.07, 6.45) is 33.4. The molecule has 0 bridgehead atoms. The molecule has 0 aromatic heterocycles. The van der Waals surface area contributed by atoms with Gasteiger partial charge in [0.05, 0.1) is 6.10 Å². The zero-order valence-electron chi connectivity index (χ0n) is 28.2. The molecule has 2 aliphatic carbocycles. The van der Waals surface area contributed by atoms with E-state index in [1.807, 2.05) is 0 Å². The van der Waals surface area contributed by atoms with Crippen LogP contribution in [0.2, 0.25) is 0 Å². The Morgan fingerprint density at radius 3 is 1.62 bits per heavy atom. The van der Waals surface area contributed by atoms with Crippen LogP contribution >= 0.6 is 0 Å². The van der Waals surface area contributed by atoms with Gasteiger partial charge < -0.3 is 5.11 Å². The standard InChI is InChI=1S/C40H58O2/c1-29(17-13-19-31(3)21-23-35-33(5)37(41)25-27-39(35,7)8)15-11-12-16-30(2)18-14-20-32(4)22-24-36-34(6)38(42)26-28-40(36,9)10/h11-24,33-37,41H,25-28H2,1-10H3/b12-11+,17-13+,18-14+,23-21+,24-22+,29-15+,30-16+,31-19+,32-20+/t33-,34-,35-,36-,37-/m0/s1. The number of hydrogen-bond acceptors (Lipinski definition) is 2. The van der Waals surface area contributed by atoms with Crippen molar-refractivity contribution in [2.24, 2.45) is 34.5 Å². The molecule has 230 valence electrons. The third kappa shape index (κ3) is 11.2. The molecule has 0 heterocycles. The summed E-state index contributed by atoms with van der Waals surface area (Å²) in [4.78, 5) is 12.2. The first-order valence-corrected chi connectivity index (χ1v) is 15.9. The largest absolute Gasteiger partial charge is 0.393 e.